The summed E-state index contributed by atoms with van der Waals surface area (Å²) in [5, 5.41) is 3.52. The molecule has 0 amide bonds. The van der Waals surface area contributed by atoms with Crippen LogP contribution in [0.1, 0.15) is 49.7 Å². The zero-order valence-corrected chi connectivity index (χ0v) is 16.3. The molecule has 1 aliphatic rings. The Hall–Kier alpha value is -2.08. The molecule has 6 heteroatoms. The number of aryl methyl sites for hydroxylation is 2. The minimum absolute atomic E-state index is 0.253. The van der Waals surface area contributed by atoms with Crippen molar-refractivity contribution in [3.63, 3.8) is 0 Å². The van der Waals surface area contributed by atoms with Crippen LogP contribution in [0.3, 0.4) is 0 Å². The van der Waals surface area contributed by atoms with E-state index in [1.54, 1.807) is 24.4 Å². The number of nitrogens with zero attached hydrogens (tertiary/aromatic N) is 1. The van der Waals surface area contributed by atoms with Gasteiger partial charge in [0.2, 0.25) is 0 Å². The summed E-state index contributed by atoms with van der Waals surface area (Å²) in [5.41, 5.74) is 2.95. The molecule has 1 aliphatic carbocycles. The molecule has 140 valence electrons. The van der Waals surface area contributed by atoms with Crippen molar-refractivity contribution in [1.29, 1.82) is 0 Å². The van der Waals surface area contributed by atoms with Crippen LogP contribution in [0.25, 0.3) is 0 Å². The second-order valence-corrected chi connectivity index (χ2v) is 8.80. The molecule has 0 atom stereocenters. The van der Waals surface area contributed by atoms with Crippen LogP contribution in [0.15, 0.2) is 41.4 Å². The smallest absolute Gasteiger partial charge is 0.263 e. The molecule has 0 unspecified atom stereocenters. The SMILES string of the molecule is Cc1ccc(S(=O)(=O)Nc2ccc(NC3CCCCCC3)cn2)cc1C. The van der Waals surface area contributed by atoms with Crippen LogP contribution < -0.4 is 10.0 Å². The van der Waals surface area contributed by atoms with Crippen LogP contribution in [-0.2, 0) is 10.0 Å². The van der Waals surface area contributed by atoms with E-state index in [4.69, 9.17) is 0 Å². The highest BCUT2D eigenvalue weighted by molar-refractivity contribution is 7.92. The first-order valence-corrected chi connectivity index (χ1v) is 10.7. The molecule has 0 radical (unpaired) electrons. The van der Waals surface area contributed by atoms with Gasteiger partial charge in [0.25, 0.3) is 10.0 Å². The van der Waals surface area contributed by atoms with Crippen molar-refractivity contribution in [2.75, 3.05) is 10.0 Å². The Morgan fingerprint density at radius 2 is 1.69 bits per heavy atom. The van der Waals surface area contributed by atoms with E-state index in [1.165, 1.54) is 38.5 Å². The molecule has 2 N–H and O–H groups in total. The second-order valence-electron chi connectivity index (χ2n) is 7.12. The third-order valence-electron chi connectivity index (χ3n) is 5.02. The Balaban J connectivity index is 1.67. The van der Waals surface area contributed by atoms with Gasteiger partial charge in [-0.3, -0.25) is 4.72 Å². The molecule has 5 nitrogen and oxygen atoms in total. The first-order chi connectivity index (χ1) is 12.4. The summed E-state index contributed by atoms with van der Waals surface area (Å²) in [7, 11) is -3.63. The summed E-state index contributed by atoms with van der Waals surface area (Å²) in [5.74, 6) is 0.328. The predicted octanol–water partition coefficient (Wildman–Crippen LogP) is 4.63. The number of sulfonamides is 1. The Morgan fingerprint density at radius 1 is 0.962 bits per heavy atom. The predicted molar refractivity (Wildman–Crippen MR) is 106 cm³/mol. The van der Waals surface area contributed by atoms with Crippen molar-refractivity contribution < 1.29 is 8.42 Å². The van der Waals surface area contributed by atoms with Crippen molar-refractivity contribution in [2.45, 2.75) is 63.3 Å². The molecular formula is C20H27N3O2S. The van der Waals surface area contributed by atoms with Crippen molar-refractivity contribution in [3.8, 4) is 0 Å². The van der Waals surface area contributed by atoms with E-state index < -0.39 is 10.0 Å². The Labute approximate surface area is 156 Å². The Kier molecular flexibility index (Phi) is 5.81. The molecular weight excluding hydrogens is 346 g/mol. The van der Waals surface area contributed by atoms with Crippen molar-refractivity contribution in [2.24, 2.45) is 0 Å². The lowest BCUT2D eigenvalue weighted by atomic mass is 10.1. The minimum Gasteiger partial charge on any atom is -0.381 e. The molecule has 1 fully saturated rings. The lowest BCUT2D eigenvalue weighted by Gasteiger charge is -2.17. The zero-order valence-electron chi connectivity index (χ0n) is 15.5. The number of pyridine rings is 1. The highest BCUT2D eigenvalue weighted by Gasteiger charge is 2.16. The lowest BCUT2D eigenvalue weighted by Crippen LogP contribution is -2.18. The molecule has 0 saturated heterocycles. The zero-order chi connectivity index (χ0) is 18.6. The number of nitrogens with one attached hydrogen (secondary N) is 2. The molecule has 0 bridgehead atoms. The standard InChI is InChI=1S/C20H27N3O2S/c1-15-9-11-19(13-16(15)2)26(24,25)23-20-12-10-18(14-21-20)22-17-7-5-3-4-6-8-17/h9-14,17,22H,3-8H2,1-2H3,(H,21,23). The minimum atomic E-state index is -3.63. The van der Waals surface area contributed by atoms with Gasteiger partial charge < -0.3 is 5.32 Å². The van der Waals surface area contributed by atoms with Gasteiger partial charge in [-0.1, -0.05) is 31.7 Å². The molecule has 2 aromatic rings. The molecule has 0 spiro atoms. The van der Waals surface area contributed by atoms with Crippen molar-refractivity contribution >= 4 is 21.5 Å². The van der Waals surface area contributed by atoms with Crippen LogP contribution in [-0.4, -0.2) is 19.4 Å². The van der Waals surface area contributed by atoms with Gasteiger partial charge in [-0.25, -0.2) is 13.4 Å². The molecule has 1 aromatic carbocycles. The first kappa shape index (κ1) is 18.7. The molecule has 26 heavy (non-hydrogen) atoms. The van der Waals surface area contributed by atoms with Crippen molar-refractivity contribution in [3.05, 3.63) is 47.7 Å². The van der Waals surface area contributed by atoms with Gasteiger partial charge >= 0.3 is 0 Å². The fourth-order valence-corrected chi connectivity index (χ4v) is 4.37. The highest BCUT2D eigenvalue weighted by Crippen LogP contribution is 2.22. The average Bonchev–Trinajstić information content (AvgIpc) is 2.87. The van der Waals surface area contributed by atoms with Crippen LogP contribution >= 0.6 is 0 Å². The Morgan fingerprint density at radius 3 is 2.31 bits per heavy atom. The molecule has 1 heterocycles. The summed E-state index contributed by atoms with van der Waals surface area (Å²) in [6.07, 6.45) is 9.22. The number of hydrogen-bond acceptors (Lipinski definition) is 4. The summed E-state index contributed by atoms with van der Waals surface area (Å²) in [6, 6.07) is 9.19. The van der Waals surface area contributed by atoms with Gasteiger partial charge in [0, 0.05) is 6.04 Å². The van der Waals surface area contributed by atoms with E-state index in [9.17, 15) is 8.42 Å². The summed E-state index contributed by atoms with van der Waals surface area (Å²) < 4.78 is 27.6. The van der Waals surface area contributed by atoms with E-state index >= 15 is 0 Å². The van der Waals surface area contributed by atoms with Gasteiger partial charge in [0.05, 0.1) is 16.8 Å². The van der Waals surface area contributed by atoms with Gasteiger partial charge in [0.15, 0.2) is 0 Å². The highest BCUT2D eigenvalue weighted by atomic mass is 32.2. The number of anilines is 2. The number of benzene rings is 1. The maximum Gasteiger partial charge on any atom is 0.263 e. The van der Waals surface area contributed by atoms with E-state index in [0.717, 1.165) is 16.8 Å². The van der Waals surface area contributed by atoms with Crippen molar-refractivity contribution in [1.82, 2.24) is 4.98 Å². The lowest BCUT2D eigenvalue weighted by molar-refractivity contribution is 0.601. The Bertz CT molecular complexity index is 840. The third-order valence-corrected chi connectivity index (χ3v) is 6.37. The molecule has 1 saturated carbocycles. The van der Waals surface area contributed by atoms with E-state index in [1.807, 2.05) is 26.0 Å². The maximum atomic E-state index is 12.5. The van der Waals surface area contributed by atoms with Crippen LogP contribution in [0.2, 0.25) is 0 Å². The second kappa shape index (κ2) is 8.08. The topological polar surface area (TPSA) is 71.1 Å². The van der Waals surface area contributed by atoms with Crippen LogP contribution in [0, 0.1) is 13.8 Å². The third kappa shape index (κ3) is 4.75. The number of aromatic nitrogens is 1. The average molecular weight is 374 g/mol. The quantitative estimate of drug-likeness (QED) is 0.749. The van der Waals surface area contributed by atoms with E-state index in [-0.39, 0.29) is 4.90 Å². The monoisotopic (exact) mass is 373 g/mol. The summed E-state index contributed by atoms with van der Waals surface area (Å²) >= 11 is 0. The normalized spacial score (nSPS) is 16.1. The molecule has 0 aliphatic heterocycles. The number of hydrogen-bond donors (Lipinski definition) is 2. The van der Waals surface area contributed by atoms with Crippen LogP contribution in [0.5, 0.6) is 0 Å². The fraction of sp³-hybridized carbons (Fsp3) is 0.450. The summed E-state index contributed by atoms with van der Waals surface area (Å²) in [6.45, 7) is 3.86. The van der Waals surface area contributed by atoms with Gasteiger partial charge in [-0.15, -0.1) is 0 Å². The largest absolute Gasteiger partial charge is 0.381 e. The van der Waals surface area contributed by atoms with Gasteiger partial charge in [0.1, 0.15) is 5.82 Å². The first-order valence-electron chi connectivity index (χ1n) is 9.27. The number of rotatable bonds is 5. The molecule has 1 aromatic heterocycles. The van der Waals surface area contributed by atoms with E-state index in [0.29, 0.717) is 11.9 Å². The van der Waals surface area contributed by atoms with Crippen LogP contribution in [0.4, 0.5) is 11.5 Å². The summed E-state index contributed by atoms with van der Waals surface area (Å²) in [4.78, 5) is 4.52. The fourth-order valence-electron chi connectivity index (χ4n) is 3.28. The van der Waals surface area contributed by atoms with Gasteiger partial charge in [-0.05, 0) is 62.1 Å². The maximum absolute atomic E-state index is 12.5. The van der Waals surface area contributed by atoms with Gasteiger partial charge in [-0.2, -0.15) is 0 Å². The molecule has 3 rings (SSSR count). The van der Waals surface area contributed by atoms with E-state index in [2.05, 4.69) is 15.0 Å².